The molecule has 0 saturated carbocycles. The van der Waals surface area contributed by atoms with Gasteiger partial charge in [0.15, 0.2) is 4.34 Å². The number of hydrogen-bond acceptors (Lipinski definition) is 6. The van der Waals surface area contributed by atoms with Crippen LogP contribution in [0.2, 0.25) is 0 Å². The van der Waals surface area contributed by atoms with E-state index in [4.69, 9.17) is 4.42 Å². The van der Waals surface area contributed by atoms with Crippen molar-refractivity contribution >= 4 is 34.1 Å². The number of benzene rings is 2. The molecule has 184 valence electrons. The number of nitrogens with zero attached hydrogens (tertiary/aromatic N) is 1. The maximum absolute atomic E-state index is 14.0. The van der Waals surface area contributed by atoms with Gasteiger partial charge in [0, 0.05) is 28.1 Å². The first-order valence-corrected chi connectivity index (χ1v) is 11.2. The largest absolute Gasteiger partial charge is 0.431 e. The second-order valence-corrected chi connectivity index (χ2v) is 9.70. The number of rotatable bonds is 4. The Morgan fingerprint density at radius 3 is 2.34 bits per heavy atom. The molecule has 0 amide bonds. The van der Waals surface area contributed by atoms with Crippen molar-refractivity contribution in [3.8, 4) is 11.1 Å². The summed E-state index contributed by atoms with van der Waals surface area (Å²) in [6, 6.07) is 9.93. The van der Waals surface area contributed by atoms with E-state index in [-0.39, 0.29) is 26.2 Å². The molecule has 0 aliphatic heterocycles. The molecule has 2 heterocycles. The molecule has 2 aromatic heterocycles. The zero-order valence-electron chi connectivity index (χ0n) is 17.3. The van der Waals surface area contributed by atoms with Crippen LogP contribution < -0.4 is 5.63 Å². The van der Waals surface area contributed by atoms with Crippen LogP contribution in [0.15, 0.2) is 67.1 Å². The fraction of sp³-hybridized carbons (Fsp3) is 0.182. The molecule has 0 fully saturated rings. The molecule has 2 aromatic carbocycles. The Morgan fingerprint density at radius 1 is 1.00 bits per heavy atom. The molecule has 13 heteroatoms. The zero-order valence-corrected chi connectivity index (χ0v) is 18.9. The van der Waals surface area contributed by atoms with Gasteiger partial charge in [-0.05, 0) is 42.3 Å². The van der Waals surface area contributed by atoms with Crippen molar-refractivity contribution in [1.82, 2.24) is 4.98 Å². The Balaban J connectivity index is 1.73. The van der Waals surface area contributed by atoms with Crippen LogP contribution in [0, 0.1) is 12.7 Å². The van der Waals surface area contributed by atoms with Gasteiger partial charge in [0.05, 0.1) is 4.88 Å². The summed E-state index contributed by atoms with van der Waals surface area (Å²) in [4.78, 5) is 14.6. The van der Waals surface area contributed by atoms with Gasteiger partial charge in [0.2, 0.25) is 0 Å². The molecule has 1 N–H and O–H groups in total. The Bertz CT molecular complexity index is 1460. The van der Waals surface area contributed by atoms with Crippen LogP contribution in [-0.2, 0) is 5.60 Å². The lowest BCUT2D eigenvalue weighted by atomic mass is 9.97. The van der Waals surface area contributed by atoms with Crippen molar-refractivity contribution in [3.63, 3.8) is 0 Å². The van der Waals surface area contributed by atoms with Crippen molar-refractivity contribution in [2.24, 2.45) is 0 Å². The van der Waals surface area contributed by atoms with Crippen LogP contribution in [0.1, 0.15) is 10.4 Å². The molecule has 0 aliphatic rings. The zero-order chi connectivity index (χ0) is 25.8. The maximum atomic E-state index is 14.0. The summed E-state index contributed by atoms with van der Waals surface area (Å²) in [5.41, 5.74) is -4.59. The van der Waals surface area contributed by atoms with Crippen LogP contribution in [0.3, 0.4) is 0 Å². The fourth-order valence-electron chi connectivity index (χ4n) is 3.34. The van der Waals surface area contributed by atoms with E-state index in [1.165, 1.54) is 36.4 Å². The van der Waals surface area contributed by atoms with Crippen LogP contribution in [-0.4, -0.2) is 22.4 Å². The monoisotopic (exact) mass is 535 g/mol. The number of fused-ring (bicyclic) bond motifs is 1. The van der Waals surface area contributed by atoms with Crippen molar-refractivity contribution in [1.29, 1.82) is 0 Å². The predicted octanol–water partition coefficient (Wildman–Crippen LogP) is 6.83. The summed E-state index contributed by atoms with van der Waals surface area (Å²) in [6.07, 6.45) is -11.7. The molecule has 0 spiro atoms. The lowest BCUT2D eigenvalue weighted by Gasteiger charge is -2.30. The summed E-state index contributed by atoms with van der Waals surface area (Å²) in [6.45, 7) is 1.54. The first kappa shape index (κ1) is 25.2. The molecule has 0 atom stereocenters. The third kappa shape index (κ3) is 4.43. The highest BCUT2D eigenvalue weighted by Crippen LogP contribution is 2.52. The fourth-order valence-corrected chi connectivity index (χ4v) is 5.45. The van der Waals surface area contributed by atoms with E-state index in [0.717, 1.165) is 0 Å². The van der Waals surface area contributed by atoms with E-state index >= 15 is 0 Å². The first-order chi connectivity index (χ1) is 16.2. The van der Waals surface area contributed by atoms with Crippen LogP contribution in [0.4, 0.5) is 30.7 Å². The Hall–Kier alpha value is -2.90. The van der Waals surface area contributed by atoms with E-state index in [9.17, 15) is 40.6 Å². The maximum Gasteiger partial charge on any atom is 0.431 e. The number of alkyl halides is 6. The van der Waals surface area contributed by atoms with E-state index in [0.29, 0.717) is 40.0 Å². The third-order valence-electron chi connectivity index (χ3n) is 5.14. The van der Waals surface area contributed by atoms with Gasteiger partial charge in [-0.2, -0.15) is 26.3 Å². The number of aliphatic hydroxyl groups is 1. The minimum Gasteiger partial charge on any atom is -0.423 e. The second-order valence-electron chi connectivity index (χ2n) is 7.35. The minimum atomic E-state index is -6.02. The normalized spacial score (nSPS) is 12.9. The second kappa shape index (κ2) is 8.64. The summed E-state index contributed by atoms with van der Waals surface area (Å²) in [5.74, 6) is -0.478. The molecule has 0 saturated heterocycles. The molecule has 4 aromatic rings. The van der Waals surface area contributed by atoms with Crippen molar-refractivity contribution < 1.29 is 40.3 Å². The molecular weight excluding hydrogens is 523 g/mol. The highest BCUT2D eigenvalue weighted by molar-refractivity contribution is 8.01. The van der Waals surface area contributed by atoms with Crippen molar-refractivity contribution in [2.75, 3.05) is 0 Å². The van der Waals surface area contributed by atoms with Gasteiger partial charge < -0.3 is 9.52 Å². The van der Waals surface area contributed by atoms with Gasteiger partial charge in [-0.15, -0.1) is 11.3 Å². The summed E-state index contributed by atoms with van der Waals surface area (Å²) >= 11 is 0.742. The lowest BCUT2D eigenvalue weighted by molar-refractivity contribution is -0.375. The summed E-state index contributed by atoms with van der Waals surface area (Å²) in [7, 11) is 0. The Morgan fingerprint density at radius 2 is 1.69 bits per heavy atom. The number of thiazole rings is 1. The Kier molecular flexibility index (Phi) is 6.22. The molecule has 4 rings (SSSR count). The van der Waals surface area contributed by atoms with Crippen LogP contribution in [0.25, 0.3) is 22.1 Å². The van der Waals surface area contributed by atoms with Gasteiger partial charge in [0.1, 0.15) is 11.4 Å². The van der Waals surface area contributed by atoms with Gasteiger partial charge in [-0.1, -0.05) is 23.9 Å². The topological polar surface area (TPSA) is 63.3 Å². The van der Waals surface area contributed by atoms with E-state index in [1.54, 1.807) is 13.0 Å². The molecular formula is C22H12F7NO3S2. The molecule has 0 radical (unpaired) electrons. The van der Waals surface area contributed by atoms with Gasteiger partial charge >= 0.3 is 18.0 Å². The number of aromatic nitrogens is 1. The standard InChI is InChI=1S/C22H12F7NO3S2/c1-10-12(3-2-4-15(10)23)14-8-18(31)33-16-7-11(5-6-13(14)16)34-19-30-9-17(35-19)20(32,21(24,25)26)22(27,28)29/h2-9,32H,1H3. The van der Waals surface area contributed by atoms with Crippen LogP contribution >= 0.6 is 23.1 Å². The number of halogens is 7. The predicted molar refractivity (Wildman–Crippen MR) is 115 cm³/mol. The molecule has 0 unspecified atom stereocenters. The van der Waals surface area contributed by atoms with Gasteiger partial charge in [0.25, 0.3) is 5.60 Å². The molecule has 0 aliphatic carbocycles. The van der Waals surface area contributed by atoms with E-state index in [2.05, 4.69) is 4.98 Å². The van der Waals surface area contributed by atoms with E-state index < -0.39 is 34.3 Å². The van der Waals surface area contributed by atoms with E-state index in [1.807, 2.05) is 0 Å². The first-order valence-electron chi connectivity index (χ1n) is 9.56. The summed E-state index contributed by atoms with van der Waals surface area (Å²) in [5, 5.41) is 9.96. The average Bonchev–Trinajstić information content (AvgIpc) is 3.21. The van der Waals surface area contributed by atoms with Crippen molar-refractivity contribution in [2.45, 2.75) is 34.1 Å². The molecule has 35 heavy (non-hydrogen) atoms. The van der Waals surface area contributed by atoms with Gasteiger partial charge in [-0.25, -0.2) is 14.2 Å². The number of hydrogen-bond donors (Lipinski definition) is 1. The van der Waals surface area contributed by atoms with Gasteiger partial charge in [-0.3, -0.25) is 0 Å². The molecule has 0 bridgehead atoms. The average molecular weight is 535 g/mol. The van der Waals surface area contributed by atoms with Crippen LogP contribution in [0.5, 0.6) is 0 Å². The Labute approximate surface area is 200 Å². The smallest absolute Gasteiger partial charge is 0.423 e. The van der Waals surface area contributed by atoms with Crippen molar-refractivity contribution in [3.05, 3.63) is 75.3 Å². The highest BCUT2D eigenvalue weighted by Gasteiger charge is 2.72. The SMILES string of the molecule is Cc1c(F)cccc1-c1cc(=O)oc2cc(Sc3ncc(C(O)(C(F)(F)F)C(F)(F)F)s3)ccc12. The highest BCUT2D eigenvalue weighted by atomic mass is 32.2. The summed E-state index contributed by atoms with van der Waals surface area (Å²) < 4.78 is 97.6. The molecule has 4 nitrogen and oxygen atoms in total. The minimum absolute atomic E-state index is 0.0284. The third-order valence-corrected chi connectivity index (χ3v) is 7.31. The quantitative estimate of drug-likeness (QED) is 0.229. The lowest BCUT2D eigenvalue weighted by Crippen LogP contribution is -2.53.